The van der Waals surface area contributed by atoms with E-state index in [9.17, 15) is 9.90 Å². The van der Waals surface area contributed by atoms with Crippen LogP contribution in [0.1, 0.15) is 50.3 Å². The third-order valence-electron chi connectivity index (χ3n) is 3.46. The van der Waals surface area contributed by atoms with Gasteiger partial charge in [0.1, 0.15) is 0 Å². The lowest BCUT2D eigenvalue weighted by molar-refractivity contribution is -0.117. The third-order valence-corrected chi connectivity index (χ3v) is 3.68. The van der Waals surface area contributed by atoms with Gasteiger partial charge < -0.3 is 10.4 Å². The molecule has 0 aliphatic carbocycles. The van der Waals surface area contributed by atoms with Crippen molar-refractivity contribution in [1.82, 2.24) is 0 Å². The highest BCUT2D eigenvalue weighted by Crippen LogP contribution is 2.42. The number of carbonyl (C=O) groups excluding carboxylic acids is 1. The summed E-state index contributed by atoms with van der Waals surface area (Å²) in [6, 6.07) is 3.56. The maximum absolute atomic E-state index is 11.9. The summed E-state index contributed by atoms with van der Waals surface area (Å²) in [5.41, 5.74) is 2.37. The van der Waals surface area contributed by atoms with Gasteiger partial charge in [0.2, 0.25) is 5.91 Å². The van der Waals surface area contributed by atoms with Gasteiger partial charge in [-0.3, -0.25) is 4.79 Å². The highest BCUT2D eigenvalue weighted by atomic mass is 35.5. The zero-order valence-electron chi connectivity index (χ0n) is 10.8. The topological polar surface area (TPSA) is 49.3 Å². The van der Waals surface area contributed by atoms with Gasteiger partial charge in [-0.2, -0.15) is 0 Å². The molecule has 0 bridgehead atoms. The molecule has 0 fully saturated rings. The Labute approximate surface area is 112 Å². The van der Waals surface area contributed by atoms with Gasteiger partial charge in [0.05, 0.1) is 17.7 Å². The number of anilines is 1. The van der Waals surface area contributed by atoms with Crippen LogP contribution in [-0.2, 0) is 4.79 Å². The Morgan fingerprint density at radius 1 is 1.44 bits per heavy atom. The Bertz CT molecular complexity index is 485. The first kappa shape index (κ1) is 13.4. The fraction of sp³-hybridized carbons (Fsp3) is 0.500. The second-order valence-electron chi connectivity index (χ2n) is 5.10. The first-order valence-corrected chi connectivity index (χ1v) is 6.65. The summed E-state index contributed by atoms with van der Waals surface area (Å²) < 4.78 is 0. The van der Waals surface area contributed by atoms with E-state index < -0.39 is 6.10 Å². The van der Waals surface area contributed by atoms with Crippen LogP contribution in [0.5, 0.6) is 0 Å². The van der Waals surface area contributed by atoms with Crippen LogP contribution in [0.15, 0.2) is 12.1 Å². The molecule has 4 heteroatoms. The monoisotopic (exact) mass is 267 g/mol. The Balaban J connectivity index is 2.55. The molecule has 0 aromatic heterocycles. The zero-order valence-corrected chi connectivity index (χ0v) is 11.6. The standard InChI is InChI=1S/C14H18ClNO2/c1-4-9-10-5-8(15)6-11(13(17)7(2)3)12(10)16-14(9)18/h5-7,9,13,17H,4H2,1-3H3,(H,16,18). The smallest absolute Gasteiger partial charge is 0.232 e. The van der Waals surface area contributed by atoms with E-state index in [1.165, 1.54) is 0 Å². The fourth-order valence-corrected chi connectivity index (χ4v) is 2.65. The maximum Gasteiger partial charge on any atom is 0.232 e. The number of hydrogen-bond acceptors (Lipinski definition) is 2. The minimum absolute atomic E-state index is 0.00743. The lowest BCUT2D eigenvalue weighted by Gasteiger charge is -2.18. The normalized spacial score (nSPS) is 19.9. The number of aliphatic hydroxyl groups is 1. The Hall–Kier alpha value is -1.06. The second-order valence-corrected chi connectivity index (χ2v) is 5.53. The van der Waals surface area contributed by atoms with E-state index in [2.05, 4.69) is 5.32 Å². The molecule has 1 amide bonds. The van der Waals surface area contributed by atoms with Crippen molar-refractivity contribution in [3.8, 4) is 0 Å². The van der Waals surface area contributed by atoms with E-state index >= 15 is 0 Å². The molecule has 3 nitrogen and oxygen atoms in total. The molecule has 2 atom stereocenters. The van der Waals surface area contributed by atoms with Crippen molar-refractivity contribution >= 4 is 23.2 Å². The average molecular weight is 268 g/mol. The van der Waals surface area contributed by atoms with Crippen LogP contribution < -0.4 is 5.32 Å². The number of nitrogens with one attached hydrogen (secondary N) is 1. The number of rotatable bonds is 3. The molecule has 0 saturated heterocycles. The Kier molecular flexibility index (Phi) is 3.64. The summed E-state index contributed by atoms with van der Waals surface area (Å²) >= 11 is 6.10. The molecule has 0 spiro atoms. The number of amides is 1. The number of hydrogen-bond donors (Lipinski definition) is 2. The van der Waals surface area contributed by atoms with Gasteiger partial charge >= 0.3 is 0 Å². The fourth-order valence-electron chi connectivity index (χ4n) is 2.42. The molecule has 1 aliphatic rings. The molecule has 2 N–H and O–H groups in total. The van der Waals surface area contributed by atoms with E-state index in [1.54, 1.807) is 6.07 Å². The number of benzene rings is 1. The number of carbonyl (C=O) groups is 1. The summed E-state index contributed by atoms with van der Waals surface area (Å²) in [6.45, 7) is 5.84. The van der Waals surface area contributed by atoms with Crippen molar-refractivity contribution < 1.29 is 9.90 Å². The SMILES string of the molecule is CCC1C(=O)Nc2c1cc(Cl)cc2C(O)C(C)C. The zero-order chi connectivity index (χ0) is 13.4. The van der Waals surface area contributed by atoms with Crippen LogP contribution in [0.2, 0.25) is 5.02 Å². The van der Waals surface area contributed by atoms with Gasteiger partial charge in [0, 0.05) is 10.6 Å². The third kappa shape index (κ3) is 2.13. The average Bonchev–Trinajstić information content (AvgIpc) is 2.62. The molecule has 1 aliphatic heterocycles. The molecule has 1 aromatic carbocycles. The molecule has 0 radical (unpaired) electrons. The quantitative estimate of drug-likeness (QED) is 0.881. The first-order chi connectivity index (χ1) is 8.45. The first-order valence-electron chi connectivity index (χ1n) is 6.28. The predicted octanol–water partition coefficient (Wildman–Crippen LogP) is 3.48. The number of aliphatic hydroxyl groups excluding tert-OH is 1. The van der Waals surface area contributed by atoms with E-state index in [0.29, 0.717) is 5.02 Å². The van der Waals surface area contributed by atoms with E-state index in [0.717, 1.165) is 23.2 Å². The molecule has 98 valence electrons. The number of halogens is 1. The van der Waals surface area contributed by atoms with E-state index in [1.807, 2.05) is 26.8 Å². The van der Waals surface area contributed by atoms with Crippen molar-refractivity contribution in [1.29, 1.82) is 0 Å². The van der Waals surface area contributed by atoms with Gasteiger partial charge in [0.15, 0.2) is 0 Å². The van der Waals surface area contributed by atoms with E-state index in [4.69, 9.17) is 11.6 Å². The summed E-state index contributed by atoms with van der Waals surface area (Å²) in [4.78, 5) is 11.9. The van der Waals surface area contributed by atoms with Crippen LogP contribution in [0.3, 0.4) is 0 Å². The summed E-state index contributed by atoms with van der Waals surface area (Å²) in [5, 5.41) is 13.7. The van der Waals surface area contributed by atoms with Crippen LogP contribution in [0.4, 0.5) is 5.69 Å². The molecule has 0 saturated carbocycles. The van der Waals surface area contributed by atoms with E-state index in [-0.39, 0.29) is 17.7 Å². The molecule has 18 heavy (non-hydrogen) atoms. The number of fused-ring (bicyclic) bond motifs is 1. The van der Waals surface area contributed by atoms with Crippen molar-refractivity contribution in [3.63, 3.8) is 0 Å². The summed E-state index contributed by atoms with van der Waals surface area (Å²) in [6.07, 6.45) is 0.115. The molecule has 2 unspecified atom stereocenters. The van der Waals surface area contributed by atoms with Gasteiger partial charge in [-0.15, -0.1) is 0 Å². The van der Waals surface area contributed by atoms with Gasteiger partial charge in [-0.1, -0.05) is 32.4 Å². The van der Waals surface area contributed by atoms with Gasteiger partial charge in [0.25, 0.3) is 0 Å². The van der Waals surface area contributed by atoms with Crippen molar-refractivity contribution in [2.45, 2.75) is 39.2 Å². The minimum Gasteiger partial charge on any atom is -0.388 e. The maximum atomic E-state index is 11.9. The summed E-state index contributed by atoms with van der Waals surface area (Å²) in [7, 11) is 0. The molecular formula is C14H18ClNO2. The highest BCUT2D eigenvalue weighted by Gasteiger charge is 2.33. The van der Waals surface area contributed by atoms with Crippen molar-refractivity contribution in [2.75, 3.05) is 5.32 Å². The molecular weight excluding hydrogens is 250 g/mol. The predicted molar refractivity (Wildman–Crippen MR) is 72.9 cm³/mol. The van der Waals surface area contributed by atoms with Gasteiger partial charge in [-0.05, 0) is 30.0 Å². The van der Waals surface area contributed by atoms with Crippen molar-refractivity contribution in [2.24, 2.45) is 5.92 Å². The van der Waals surface area contributed by atoms with Crippen molar-refractivity contribution in [3.05, 3.63) is 28.3 Å². The van der Waals surface area contributed by atoms with Gasteiger partial charge in [-0.25, -0.2) is 0 Å². The van der Waals surface area contributed by atoms with Crippen LogP contribution in [0, 0.1) is 5.92 Å². The summed E-state index contributed by atoms with van der Waals surface area (Å²) in [5.74, 6) is -0.0890. The second kappa shape index (κ2) is 4.90. The van der Waals surface area contributed by atoms with Crippen LogP contribution in [0.25, 0.3) is 0 Å². The lowest BCUT2D eigenvalue weighted by Crippen LogP contribution is -2.12. The van der Waals surface area contributed by atoms with Crippen LogP contribution >= 0.6 is 11.6 Å². The molecule has 2 rings (SSSR count). The molecule has 1 heterocycles. The highest BCUT2D eigenvalue weighted by molar-refractivity contribution is 6.31. The lowest BCUT2D eigenvalue weighted by atomic mass is 9.92. The Morgan fingerprint density at radius 2 is 2.11 bits per heavy atom. The van der Waals surface area contributed by atoms with Crippen LogP contribution in [-0.4, -0.2) is 11.0 Å². The largest absolute Gasteiger partial charge is 0.388 e. The minimum atomic E-state index is -0.617. The molecule has 1 aromatic rings. The Morgan fingerprint density at radius 3 is 2.67 bits per heavy atom.